The highest BCUT2D eigenvalue weighted by Crippen LogP contribution is 2.32. The van der Waals surface area contributed by atoms with E-state index in [2.05, 4.69) is 25.2 Å². The summed E-state index contributed by atoms with van der Waals surface area (Å²) in [5.74, 6) is 1.63. The molecule has 0 saturated carbocycles. The van der Waals surface area contributed by atoms with Crippen LogP contribution in [0.5, 0.6) is 11.5 Å². The minimum atomic E-state index is -0.791. The van der Waals surface area contributed by atoms with Crippen molar-refractivity contribution in [3.63, 3.8) is 0 Å². The van der Waals surface area contributed by atoms with Gasteiger partial charge in [-0.1, -0.05) is 57.5 Å². The van der Waals surface area contributed by atoms with Gasteiger partial charge in [-0.2, -0.15) is 0 Å². The number of aliphatic hydroxyl groups excluding tert-OH is 1. The number of nitrogens with two attached hydrogens (primary N) is 1. The molecule has 1 amide bonds. The number of hydrogen-bond acceptors (Lipinski definition) is 6. The molecule has 0 aliphatic heterocycles. The zero-order valence-corrected chi connectivity index (χ0v) is 25.7. The topological polar surface area (TPSA) is 103 Å². The molecule has 2 rings (SSSR count). The Bertz CT molecular complexity index is 1030. The fourth-order valence-electron chi connectivity index (χ4n) is 4.83. The smallest absolute Gasteiger partial charge is 0.223 e. The number of halogens is 1. The average Bonchev–Trinajstić information content (AvgIpc) is 2.92. The Hall–Kier alpha value is -2.32. The van der Waals surface area contributed by atoms with Crippen LogP contribution in [0.2, 0.25) is 5.02 Å². The standard InChI is InChI=1S/C32H49ClN2O5/c1-21(2)25(15-23-11-12-30(39-6)31(17-23)40-14-8-13-38-5)18-28(34)29(36)19-27(22(3)4)32(37)35-20-24-9-7-10-26(33)16-24/h7,9-12,16-17,21-22,25,27-29,36H,8,13-15,18-20,34H2,1-6H3,(H,35,37)/t25-,27-,28-,29-/m0/s1. The molecule has 0 heterocycles. The molecule has 0 radical (unpaired) electrons. The molecule has 0 aromatic heterocycles. The summed E-state index contributed by atoms with van der Waals surface area (Å²) in [6.07, 6.45) is 1.75. The number of ether oxygens (including phenoxy) is 3. The first kappa shape index (κ1) is 33.9. The van der Waals surface area contributed by atoms with Gasteiger partial charge in [0.15, 0.2) is 11.5 Å². The van der Waals surface area contributed by atoms with Crippen molar-refractivity contribution in [2.75, 3.05) is 27.4 Å². The summed E-state index contributed by atoms with van der Waals surface area (Å²) >= 11 is 6.07. The lowest BCUT2D eigenvalue weighted by Gasteiger charge is -2.30. The number of carbonyl (C=O) groups is 1. The van der Waals surface area contributed by atoms with E-state index in [1.165, 1.54) is 0 Å². The lowest BCUT2D eigenvalue weighted by atomic mass is 9.81. The molecule has 2 aromatic carbocycles. The van der Waals surface area contributed by atoms with Crippen molar-refractivity contribution in [2.45, 2.75) is 72.1 Å². The molecular formula is C32H49ClN2O5. The highest BCUT2D eigenvalue weighted by molar-refractivity contribution is 6.30. The highest BCUT2D eigenvalue weighted by atomic mass is 35.5. The van der Waals surface area contributed by atoms with Gasteiger partial charge in [0.05, 0.1) is 19.8 Å². The fourth-order valence-corrected chi connectivity index (χ4v) is 5.04. The Morgan fingerprint density at radius 3 is 2.35 bits per heavy atom. The minimum Gasteiger partial charge on any atom is -0.493 e. The second-order valence-corrected chi connectivity index (χ2v) is 11.7. The van der Waals surface area contributed by atoms with Crippen LogP contribution in [0.25, 0.3) is 0 Å². The van der Waals surface area contributed by atoms with E-state index in [1.54, 1.807) is 20.3 Å². The molecular weight excluding hydrogens is 528 g/mol. The van der Waals surface area contributed by atoms with Crippen LogP contribution in [0.4, 0.5) is 0 Å². The lowest BCUT2D eigenvalue weighted by Crippen LogP contribution is -2.42. The fraction of sp³-hybridized carbons (Fsp3) is 0.594. The van der Waals surface area contributed by atoms with Gasteiger partial charge in [-0.05, 0) is 72.4 Å². The van der Waals surface area contributed by atoms with Gasteiger partial charge in [0.25, 0.3) is 0 Å². The third-order valence-electron chi connectivity index (χ3n) is 7.48. The van der Waals surface area contributed by atoms with E-state index in [0.717, 1.165) is 24.0 Å². The molecule has 40 heavy (non-hydrogen) atoms. The van der Waals surface area contributed by atoms with Gasteiger partial charge >= 0.3 is 0 Å². The summed E-state index contributed by atoms with van der Waals surface area (Å²) in [5, 5.41) is 14.7. The lowest BCUT2D eigenvalue weighted by molar-refractivity contribution is -0.127. The summed E-state index contributed by atoms with van der Waals surface area (Å²) in [5.41, 5.74) is 8.62. The number of benzene rings is 2. The predicted molar refractivity (Wildman–Crippen MR) is 162 cm³/mol. The summed E-state index contributed by atoms with van der Waals surface area (Å²) in [7, 11) is 3.31. The van der Waals surface area contributed by atoms with Crippen LogP contribution < -0.4 is 20.5 Å². The van der Waals surface area contributed by atoms with Crippen LogP contribution in [0.1, 0.15) is 58.1 Å². The largest absolute Gasteiger partial charge is 0.493 e. The van der Waals surface area contributed by atoms with Crippen molar-refractivity contribution in [1.82, 2.24) is 5.32 Å². The van der Waals surface area contributed by atoms with Crippen LogP contribution in [0, 0.1) is 23.7 Å². The molecule has 0 saturated heterocycles. The Morgan fingerprint density at radius 1 is 0.975 bits per heavy atom. The van der Waals surface area contributed by atoms with Crippen LogP contribution in [0.3, 0.4) is 0 Å². The zero-order valence-electron chi connectivity index (χ0n) is 25.0. The molecule has 7 nitrogen and oxygen atoms in total. The van der Waals surface area contributed by atoms with Gasteiger partial charge < -0.3 is 30.4 Å². The first-order valence-electron chi connectivity index (χ1n) is 14.3. The molecule has 0 bridgehead atoms. The van der Waals surface area contributed by atoms with E-state index in [-0.39, 0.29) is 23.7 Å². The van der Waals surface area contributed by atoms with Crippen LogP contribution >= 0.6 is 11.6 Å². The maximum atomic E-state index is 13.0. The molecule has 4 atom stereocenters. The number of hydrogen-bond donors (Lipinski definition) is 3. The maximum absolute atomic E-state index is 13.0. The molecule has 0 aliphatic carbocycles. The Balaban J connectivity index is 2.01. The van der Waals surface area contributed by atoms with Crippen molar-refractivity contribution < 1.29 is 24.1 Å². The van der Waals surface area contributed by atoms with E-state index < -0.39 is 12.1 Å². The quantitative estimate of drug-likeness (QED) is 0.199. The summed E-state index contributed by atoms with van der Waals surface area (Å²) in [6.45, 7) is 9.92. The van der Waals surface area contributed by atoms with E-state index in [9.17, 15) is 9.90 Å². The van der Waals surface area contributed by atoms with Crippen molar-refractivity contribution >= 4 is 17.5 Å². The highest BCUT2D eigenvalue weighted by Gasteiger charge is 2.29. The third-order valence-corrected chi connectivity index (χ3v) is 7.72. The van der Waals surface area contributed by atoms with Gasteiger partial charge in [-0.3, -0.25) is 4.79 Å². The first-order chi connectivity index (χ1) is 19.0. The molecule has 0 unspecified atom stereocenters. The zero-order chi connectivity index (χ0) is 29.7. The Labute approximate surface area is 245 Å². The number of amides is 1. The summed E-state index contributed by atoms with van der Waals surface area (Å²) < 4.78 is 16.6. The first-order valence-corrected chi connectivity index (χ1v) is 14.7. The Kier molecular flexibility index (Phi) is 14.8. The van der Waals surface area contributed by atoms with E-state index >= 15 is 0 Å². The van der Waals surface area contributed by atoms with E-state index in [0.29, 0.717) is 55.0 Å². The molecule has 224 valence electrons. The molecule has 0 fully saturated rings. The summed E-state index contributed by atoms with van der Waals surface area (Å²) in [6, 6.07) is 13.0. The third kappa shape index (κ3) is 11.3. The SMILES string of the molecule is COCCCOc1cc(C[C@@H](C[C@H](N)[C@@H](O)C[C@H](C(=O)NCc2cccc(Cl)c2)C(C)C)C(C)C)ccc1OC. The number of methoxy groups -OCH3 is 2. The number of carbonyl (C=O) groups excluding carboxylic acids is 1. The molecule has 2 aromatic rings. The van der Waals surface area contributed by atoms with Crippen molar-refractivity contribution in [3.8, 4) is 11.5 Å². The monoisotopic (exact) mass is 576 g/mol. The molecule has 4 N–H and O–H groups in total. The van der Waals surface area contributed by atoms with Crippen LogP contribution in [0.15, 0.2) is 42.5 Å². The van der Waals surface area contributed by atoms with Crippen molar-refractivity contribution in [2.24, 2.45) is 29.4 Å². The summed E-state index contributed by atoms with van der Waals surface area (Å²) in [4.78, 5) is 13.0. The number of nitrogens with one attached hydrogen (secondary N) is 1. The number of rotatable bonds is 18. The van der Waals surface area contributed by atoms with Gasteiger partial charge in [0.2, 0.25) is 5.91 Å². The van der Waals surface area contributed by atoms with Crippen molar-refractivity contribution in [1.29, 1.82) is 0 Å². The van der Waals surface area contributed by atoms with E-state index in [1.807, 2.05) is 44.2 Å². The number of aliphatic hydroxyl groups is 1. The van der Waals surface area contributed by atoms with Gasteiger partial charge in [-0.15, -0.1) is 0 Å². The second kappa shape index (κ2) is 17.5. The minimum absolute atomic E-state index is 0.0590. The Morgan fingerprint density at radius 2 is 1.73 bits per heavy atom. The maximum Gasteiger partial charge on any atom is 0.223 e. The van der Waals surface area contributed by atoms with E-state index in [4.69, 9.17) is 31.5 Å². The normalized spacial score (nSPS) is 14.6. The van der Waals surface area contributed by atoms with Crippen molar-refractivity contribution in [3.05, 3.63) is 58.6 Å². The van der Waals surface area contributed by atoms with Gasteiger partial charge in [0.1, 0.15) is 0 Å². The van der Waals surface area contributed by atoms with Gasteiger partial charge in [-0.25, -0.2) is 0 Å². The molecule has 8 heteroatoms. The van der Waals surface area contributed by atoms with Crippen LogP contribution in [-0.4, -0.2) is 50.6 Å². The average molecular weight is 577 g/mol. The van der Waals surface area contributed by atoms with Crippen LogP contribution in [-0.2, 0) is 22.5 Å². The second-order valence-electron chi connectivity index (χ2n) is 11.3. The predicted octanol–water partition coefficient (Wildman–Crippen LogP) is 5.64. The van der Waals surface area contributed by atoms with Gasteiger partial charge in [0, 0.05) is 43.7 Å². The molecule has 0 aliphatic rings. The molecule has 0 spiro atoms.